The molecule has 3 rings (SSSR count). The van der Waals surface area contributed by atoms with Crippen LogP contribution in [-0.4, -0.2) is 20.7 Å². The van der Waals surface area contributed by atoms with Crippen molar-refractivity contribution in [3.63, 3.8) is 0 Å². The van der Waals surface area contributed by atoms with Crippen LogP contribution in [0.2, 0.25) is 10.0 Å². The fourth-order valence-electron chi connectivity index (χ4n) is 2.59. The summed E-state index contributed by atoms with van der Waals surface area (Å²) >= 11 is 11.9. The monoisotopic (exact) mass is 482 g/mol. The molecule has 1 N–H and O–H groups in total. The molecular formula is C18H10Cl2F6N4O. The zero-order chi connectivity index (χ0) is 23.1. The third-order valence-corrected chi connectivity index (χ3v) is 4.40. The molecule has 0 saturated carbocycles. The lowest BCUT2D eigenvalue weighted by atomic mass is 10.0. The highest BCUT2D eigenvalue weighted by Gasteiger charge is 2.37. The summed E-state index contributed by atoms with van der Waals surface area (Å²) in [5.41, 5.74) is -3.70. The summed E-state index contributed by atoms with van der Waals surface area (Å²) in [5, 5.41) is 6.58. The molecule has 1 amide bonds. The van der Waals surface area contributed by atoms with Crippen molar-refractivity contribution in [2.45, 2.75) is 19.3 Å². The summed E-state index contributed by atoms with van der Waals surface area (Å²) in [6.07, 6.45) is -8.93. The zero-order valence-electron chi connectivity index (χ0n) is 15.2. The van der Waals surface area contributed by atoms with Gasteiger partial charge in [0.25, 0.3) is 5.91 Å². The lowest BCUT2D eigenvalue weighted by Crippen LogP contribution is -2.19. The van der Waals surface area contributed by atoms with E-state index in [9.17, 15) is 31.1 Å². The summed E-state index contributed by atoms with van der Waals surface area (Å²) < 4.78 is 79.3. The molecule has 0 unspecified atom stereocenters. The number of aryl methyl sites for hydroxylation is 1. The van der Waals surface area contributed by atoms with Crippen molar-refractivity contribution in [2.24, 2.45) is 0 Å². The van der Waals surface area contributed by atoms with E-state index in [1.165, 1.54) is 18.3 Å². The Hall–Kier alpha value is -2.79. The molecule has 0 bridgehead atoms. The highest BCUT2D eigenvalue weighted by atomic mass is 35.5. The second-order valence-electron chi connectivity index (χ2n) is 6.29. The normalized spacial score (nSPS) is 12.2. The highest BCUT2D eigenvalue weighted by Crippen LogP contribution is 2.36. The van der Waals surface area contributed by atoms with Gasteiger partial charge in [-0.1, -0.05) is 23.2 Å². The van der Waals surface area contributed by atoms with Gasteiger partial charge in [-0.3, -0.25) is 4.79 Å². The number of halogens is 8. The van der Waals surface area contributed by atoms with Gasteiger partial charge in [0.05, 0.1) is 26.9 Å². The number of rotatable bonds is 3. The molecule has 0 aliphatic heterocycles. The molecule has 0 aliphatic carbocycles. The van der Waals surface area contributed by atoms with Crippen LogP contribution in [0.1, 0.15) is 27.2 Å². The average Bonchev–Trinajstić information content (AvgIpc) is 2.99. The number of carbonyl (C=O) groups excluding carboxylic acids is 1. The van der Waals surface area contributed by atoms with Crippen LogP contribution in [0.25, 0.3) is 5.82 Å². The number of nitrogens with zero attached hydrogens (tertiary/aromatic N) is 3. The minimum atomic E-state index is -5.09. The Kier molecular flexibility index (Phi) is 5.94. The van der Waals surface area contributed by atoms with Gasteiger partial charge >= 0.3 is 12.4 Å². The first-order valence-corrected chi connectivity index (χ1v) is 9.00. The van der Waals surface area contributed by atoms with Gasteiger partial charge in [0, 0.05) is 17.8 Å². The molecule has 0 fully saturated rings. The van der Waals surface area contributed by atoms with Crippen LogP contribution in [0.3, 0.4) is 0 Å². The first kappa shape index (κ1) is 22.9. The molecule has 0 spiro atoms. The number of pyridine rings is 1. The van der Waals surface area contributed by atoms with E-state index in [1.54, 1.807) is 6.92 Å². The first-order valence-electron chi connectivity index (χ1n) is 8.24. The Morgan fingerprint density at radius 3 is 2.06 bits per heavy atom. The van der Waals surface area contributed by atoms with E-state index in [0.717, 1.165) is 4.68 Å². The molecule has 13 heteroatoms. The average molecular weight is 483 g/mol. The van der Waals surface area contributed by atoms with Gasteiger partial charge in [0.1, 0.15) is 5.82 Å². The van der Waals surface area contributed by atoms with E-state index >= 15 is 0 Å². The topological polar surface area (TPSA) is 59.8 Å². The van der Waals surface area contributed by atoms with E-state index in [-0.39, 0.29) is 27.7 Å². The van der Waals surface area contributed by atoms with Gasteiger partial charge in [0.2, 0.25) is 0 Å². The van der Waals surface area contributed by atoms with Crippen LogP contribution < -0.4 is 5.32 Å². The Labute approximate surface area is 180 Å². The molecule has 0 radical (unpaired) electrons. The lowest BCUT2D eigenvalue weighted by molar-refractivity contribution is -0.143. The third-order valence-electron chi connectivity index (χ3n) is 3.91. The Balaban J connectivity index is 2.03. The maximum atomic E-state index is 13.0. The summed E-state index contributed by atoms with van der Waals surface area (Å²) in [5.74, 6) is -1.26. The lowest BCUT2D eigenvalue weighted by Gasteiger charge is -2.14. The summed E-state index contributed by atoms with van der Waals surface area (Å²) in [6, 6.07) is 3.26. The van der Waals surface area contributed by atoms with Gasteiger partial charge < -0.3 is 5.32 Å². The number of amides is 1. The minimum Gasteiger partial charge on any atom is -0.306 e. The summed E-state index contributed by atoms with van der Waals surface area (Å²) in [6.45, 7) is 1.54. The maximum absolute atomic E-state index is 13.0. The SMILES string of the molecule is Cc1cc(NC(=O)c2cc(C(F)(F)F)cc(C(F)(F)F)c2)n(-c2ncc(Cl)cc2Cl)n1. The Morgan fingerprint density at radius 1 is 0.968 bits per heavy atom. The van der Waals surface area contributed by atoms with E-state index in [4.69, 9.17) is 23.2 Å². The number of hydrogen-bond donors (Lipinski definition) is 1. The molecule has 3 aromatic rings. The van der Waals surface area contributed by atoms with Crippen molar-refractivity contribution in [3.05, 3.63) is 69.0 Å². The van der Waals surface area contributed by atoms with Crippen molar-refractivity contribution < 1.29 is 31.1 Å². The summed E-state index contributed by atoms with van der Waals surface area (Å²) in [7, 11) is 0. The molecule has 0 saturated heterocycles. The minimum absolute atomic E-state index is 0.0366. The van der Waals surface area contributed by atoms with E-state index in [0.29, 0.717) is 17.8 Å². The van der Waals surface area contributed by atoms with Gasteiger partial charge in [0.15, 0.2) is 5.82 Å². The smallest absolute Gasteiger partial charge is 0.306 e. The molecule has 0 aliphatic rings. The second kappa shape index (κ2) is 8.04. The van der Waals surface area contributed by atoms with Crippen molar-refractivity contribution in [1.29, 1.82) is 0 Å². The van der Waals surface area contributed by atoms with Crippen LogP contribution >= 0.6 is 23.2 Å². The van der Waals surface area contributed by atoms with Crippen LogP contribution in [0.4, 0.5) is 32.2 Å². The van der Waals surface area contributed by atoms with Gasteiger partial charge in [-0.05, 0) is 31.2 Å². The second-order valence-corrected chi connectivity index (χ2v) is 7.13. The van der Waals surface area contributed by atoms with Gasteiger partial charge in [-0.25, -0.2) is 4.98 Å². The van der Waals surface area contributed by atoms with Crippen LogP contribution in [0, 0.1) is 6.92 Å². The fraction of sp³-hybridized carbons (Fsp3) is 0.167. The predicted molar refractivity (Wildman–Crippen MR) is 101 cm³/mol. The zero-order valence-corrected chi connectivity index (χ0v) is 16.7. The number of nitrogens with one attached hydrogen (secondary N) is 1. The predicted octanol–water partition coefficient (Wildman–Crippen LogP) is 6.17. The third kappa shape index (κ3) is 5.10. The standard InChI is InChI=1S/C18H10Cl2F6N4O/c1-8-2-14(30(29-8)15-13(20)6-12(19)7-27-15)28-16(31)9-3-10(17(21,22)23)5-11(4-9)18(24,25)26/h2-7H,1H3,(H,28,31). The van der Waals surface area contributed by atoms with Crippen molar-refractivity contribution >= 4 is 34.9 Å². The van der Waals surface area contributed by atoms with Crippen LogP contribution in [0.5, 0.6) is 0 Å². The summed E-state index contributed by atoms with van der Waals surface area (Å²) in [4.78, 5) is 16.5. The van der Waals surface area contributed by atoms with E-state index in [1.807, 2.05) is 0 Å². The Bertz CT molecular complexity index is 1120. The molecule has 1 aromatic carbocycles. The number of aromatic nitrogens is 3. The molecule has 31 heavy (non-hydrogen) atoms. The van der Waals surface area contributed by atoms with Gasteiger partial charge in [-0.2, -0.15) is 36.1 Å². The van der Waals surface area contributed by atoms with E-state index < -0.39 is 35.0 Å². The number of hydrogen-bond acceptors (Lipinski definition) is 3. The molecule has 2 heterocycles. The van der Waals surface area contributed by atoms with Crippen molar-refractivity contribution in [3.8, 4) is 5.82 Å². The molecule has 164 valence electrons. The first-order chi connectivity index (χ1) is 14.3. The molecular weight excluding hydrogens is 473 g/mol. The maximum Gasteiger partial charge on any atom is 0.416 e. The number of alkyl halides is 6. The number of benzene rings is 1. The van der Waals surface area contributed by atoms with Crippen molar-refractivity contribution in [1.82, 2.24) is 14.8 Å². The molecule has 2 aromatic heterocycles. The highest BCUT2D eigenvalue weighted by molar-refractivity contribution is 6.35. The number of anilines is 1. The van der Waals surface area contributed by atoms with E-state index in [2.05, 4.69) is 15.4 Å². The Morgan fingerprint density at radius 2 is 1.55 bits per heavy atom. The van der Waals surface area contributed by atoms with Crippen molar-refractivity contribution in [2.75, 3.05) is 5.32 Å². The van der Waals surface area contributed by atoms with Crippen LogP contribution in [-0.2, 0) is 12.4 Å². The largest absolute Gasteiger partial charge is 0.416 e. The quantitative estimate of drug-likeness (QED) is 0.454. The van der Waals surface area contributed by atoms with Crippen LogP contribution in [0.15, 0.2) is 36.5 Å². The number of carbonyl (C=O) groups is 1. The van der Waals surface area contributed by atoms with Gasteiger partial charge in [-0.15, -0.1) is 0 Å². The molecule has 0 atom stereocenters. The fourth-order valence-corrected chi connectivity index (χ4v) is 3.05. The molecule has 5 nitrogen and oxygen atoms in total.